The summed E-state index contributed by atoms with van der Waals surface area (Å²) in [6, 6.07) is 17.7. The van der Waals surface area contributed by atoms with Crippen LogP contribution in [-0.4, -0.2) is 22.9 Å². The van der Waals surface area contributed by atoms with Crippen molar-refractivity contribution in [3.05, 3.63) is 84.7 Å². The van der Waals surface area contributed by atoms with E-state index in [4.69, 9.17) is 15.5 Å². The molecule has 0 atom stereocenters. The molecule has 0 aliphatic rings. The van der Waals surface area contributed by atoms with Crippen LogP contribution in [0.3, 0.4) is 0 Å². The number of pyridine rings is 2. The van der Waals surface area contributed by atoms with Gasteiger partial charge in [-0.2, -0.15) is 0 Å². The molecule has 0 saturated carbocycles. The number of Topliss-reactive ketones (excluding diaryl/α,β-unsaturated/α-hetero) is 1. The number of nitrogens with two attached hydrogens (primary N) is 1. The maximum atomic E-state index is 12.4. The standard InChI is InChI=1S/C25H21N3O2/c1-15(26)17-4-6-18(7-5-17)19-8-10-20(11-9-19)24-25(30-3)23(16(2)29)21-14-27-13-12-22(21)28-24/h4-14H,1,26H2,2-3H3. The van der Waals surface area contributed by atoms with Crippen LogP contribution >= 0.6 is 0 Å². The highest BCUT2D eigenvalue weighted by molar-refractivity contribution is 6.10. The van der Waals surface area contributed by atoms with Crippen LogP contribution in [0.15, 0.2) is 73.6 Å². The topological polar surface area (TPSA) is 78.1 Å². The Morgan fingerprint density at radius 3 is 2.13 bits per heavy atom. The number of rotatable bonds is 5. The van der Waals surface area contributed by atoms with Gasteiger partial charge in [0.1, 0.15) is 5.69 Å². The van der Waals surface area contributed by atoms with Gasteiger partial charge in [0.15, 0.2) is 11.5 Å². The number of aromatic nitrogens is 2. The van der Waals surface area contributed by atoms with Crippen molar-refractivity contribution in [2.75, 3.05) is 7.11 Å². The maximum absolute atomic E-state index is 12.4. The fraction of sp³-hybridized carbons (Fsp3) is 0.0800. The number of methoxy groups -OCH3 is 1. The molecule has 2 aromatic heterocycles. The van der Waals surface area contributed by atoms with Gasteiger partial charge in [0, 0.05) is 29.0 Å². The largest absolute Gasteiger partial charge is 0.494 e. The molecule has 0 spiro atoms. The fourth-order valence-corrected chi connectivity index (χ4v) is 3.53. The average Bonchev–Trinajstić information content (AvgIpc) is 2.77. The Kier molecular flexibility index (Phi) is 5.02. The summed E-state index contributed by atoms with van der Waals surface area (Å²) in [6.45, 7) is 5.29. The van der Waals surface area contributed by atoms with Gasteiger partial charge in [-0.1, -0.05) is 55.1 Å². The molecule has 0 unspecified atom stereocenters. The highest BCUT2D eigenvalue weighted by Crippen LogP contribution is 2.37. The maximum Gasteiger partial charge on any atom is 0.164 e. The van der Waals surface area contributed by atoms with Crippen molar-refractivity contribution >= 4 is 22.4 Å². The second-order valence-electron chi connectivity index (χ2n) is 7.00. The molecule has 5 heteroatoms. The number of fused-ring (bicyclic) bond motifs is 1. The van der Waals surface area contributed by atoms with Crippen LogP contribution in [-0.2, 0) is 0 Å². The zero-order valence-corrected chi connectivity index (χ0v) is 16.8. The summed E-state index contributed by atoms with van der Waals surface area (Å²) in [6.07, 6.45) is 3.31. The number of carbonyl (C=O) groups is 1. The Hall–Kier alpha value is -3.99. The van der Waals surface area contributed by atoms with E-state index >= 15 is 0 Å². The Morgan fingerprint density at radius 2 is 1.57 bits per heavy atom. The first kappa shape index (κ1) is 19.3. The number of hydrogen-bond acceptors (Lipinski definition) is 5. The van der Waals surface area contributed by atoms with Gasteiger partial charge in [-0.3, -0.25) is 9.78 Å². The van der Waals surface area contributed by atoms with Crippen LogP contribution < -0.4 is 10.5 Å². The number of nitrogens with zero attached hydrogens (tertiary/aromatic N) is 2. The van der Waals surface area contributed by atoms with Gasteiger partial charge in [-0.15, -0.1) is 0 Å². The molecule has 2 heterocycles. The summed E-state index contributed by atoms with van der Waals surface area (Å²) >= 11 is 0. The summed E-state index contributed by atoms with van der Waals surface area (Å²) < 4.78 is 5.62. The van der Waals surface area contributed by atoms with E-state index in [9.17, 15) is 4.79 Å². The van der Waals surface area contributed by atoms with Gasteiger partial charge in [0.25, 0.3) is 0 Å². The molecular weight excluding hydrogens is 374 g/mol. The van der Waals surface area contributed by atoms with Crippen molar-refractivity contribution in [3.63, 3.8) is 0 Å². The second-order valence-corrected chi connectivity index (χ2v) is 7.00. The zero-order valence-electron chi connectivity index (χ0n) is 16.8. The van der Waals surface area contributed by atoms with Gasteiger partial charge in [-0.05, 0) is 29.7 Å². The van der Waals surface area contributed by atoms with Gasteiger partial charge >= 0.3 is 0 Å². The fourth-order valence-electron chi connectivity index (χ4n) is 3.53. The van der Waals surface area contributed by atoms with Crippen molar-refractivity contribution in [2.24, 2.45) is 5.73 Å². The van der Waals surface area contributed by atoms with E-state index in [2.05, 4.69) is 11.6 Å². The quantitative estimate of drug-likeness (QED) is 0.476. The lowest BCUT2D eigenvalue weighted by Gasteiger charge is -2.14. The normalized spacial score (nSPS) is 10.7. The number of ether oxygens (including phenoxy) is 1. The molecular formula is C25H21N3O2. The van der Waals surface area contributed by atoms with Crippen LogP contribution in [0, 0.1) is 0 Å². The lowest BCUT2D eigenvalue weighted by atomic mass is 9.98. The summed E-state index contributed by atoms with van der Waals surface area (Å²) in [7, 11) is 1.55. The van der Waals surface area contributed by atoms with Gasteiger partial charge in [-0.25, -0.2) is 4.98 Å². The minimum Gasteiger partial charge on any atom is -0.494 e. The van der Waals surface area contributed by atoms with Crippen LogP contribution in [0.1, 0.15) is 22.8 Å². The van der Waals surface area contributed by atoms with Crippen molar-refractivity contribution in [1.82, 2.24) is 9.97 Å². The Bertz CT molecular complexity index is 1260. The van der Waals surface area contributed by atoms with E-state index in [1.54, 1.807) is 25.6 Å². The molecule has 0 aliphatic carbocycles. The monoisotopic (exact) mass is 395 g/mol. The van der Waals surface area contributed by atoms with E-state index in [1.165, 1.54) is 6.92 Å². The van der Waals surface area contributed by atoms with Crippen molar-refractivity contribution < 1.29 is 9.53 Å². The van der Waals surface area contributed by atoms with Crippen LogP contribution in [0.4, 0.5) is 0 Å². The smallest absolute Gasteiger partial charge is 0.164 e. The Labute approximate surface area is 174 Å². The molecule has 30 heavy (non-hydrogen) atoms. The molecule has 4 aromatic rings. The second kappa shape index (κ2) is 7.79. The summed E-state index contributed by atoms with van der Waals surface area (Å²) in [5.74, 6) is 0.369. The number of hydrogen-bond donors (Lipinski definition) is 1. The SMILES string of the molecule is C=C(N)c1ccc(-c2ccc(-c3nc4ccncc4c(C(C)=O)c3OC)cc2)cc1. The number of benzene rings is 2. The van der Waals surface area contributed by atoms with Crippen molar-refractivity contribution in [1.29, 1.82) is 0 Å². The average molecular weight is 395 g/mol. The molecule has 0 amide bonds. The molecule has 5 nitrogen and oxygen atoms in total. The highest BCUT2D eigenvalue weighted by atomic mass is 16.5. The molecule has 2 aromatic carbocycles. The molecule has 0 aliphatic heterocycles. The molecule has 148 valence electrons. The zero-order chi connectivity index (χ0) is 21.3. The number of carbonyl (C=O) groups excluding carboxylic acids is 1. The van der Waals surface area contributed by atoms with E-state index < -0.39 is 0 Å². The predicted octanol–water partition coefficient (Wildman–Crippen LogP) is 5.10. The third-order valence-corrected chi connectivity index (χ3v) is 5.05. The molecule has 0 fully saturated rings. The third kappa shape index (κ3) is 3.42. The summed E-state index contributed by atoms with van der Waals surface area (Å²) in [5.41, 5.74) is 12.0. The Morgan fingerprint density at radius 1 is 0.967 bits per heavy atom. The van der Waals surface area contributed by atoms with Crippen LogP contribution in [0.2, 0.25) is 0 Å². The predicted molar refractivity (Wildman–Crippen MR) is 120 cm³/mol. The van der Waals surface area contributed by atoms with Crippen molar-refractivity contribution in [2.45, 2.75) is 6.92 Å². The molecule has 0 saturated heterocycles. The lowest BCUT2D eigenvalue weighted by molar-refractivity contribution is 0.101. The first-order chi connectivity index (χ1) is 14.5. The third-order valence-electron chi connectivity index (χ3n) is 5.05. The summed E-state index contributed by atoms with van der Waals surface area (Å²) in [4.78, 5) is 21.3. The molecule has 0 radical (unpaired) electrons. The summed E-state index contributed by atoms with van der Waals surface area (Å²) in [5, 5.41) is 0.684. The van der Waals surface area contributed by atoms with Gasteiger partial charge in [0.05, 0.1) is 18.2 Å². The minimum absolute atomic E-state index is 0.0910. The van der Waals surface area contributed by atoms with Gasteiger partial charge < -0.3 is 10.5 Å². The van der Waals surface area contributed by atoms with Crippen molar-refractivity contribution in [3.8, 4) is 28.1 Å². The highest BCUT2D eigenvalue weighted by Gasteiger charge is 2.20. The van der Waals surface area contributed by atoms with E-state index in [0.29, 0.717) is 33.6 Å². The first-order valence-corrected chi connectivity index (χ1v) is 9.48. The minimum atomic E-state index is -0.0910. The van der Waals surface area contributed by atoms with Gasteiger partial charge in [0.2, 0.25) is 0 Å². The van der Waals surface area contributed by atoms with E-state index in [1.807, 2.05) is 48.5 Å². The van der Waals surface area contributed by atoms with Crippen LogP contribution in [0.5, 0.6) is 5.75 Å². The van der Waals surface area contributed by atoms with E-state index in [-0.39, 0.29) is 5.78 Å². The van der Waals surface area contributed by atoms with E-state index in [0.717, 1.165) is 22.3 Å². The molecule has 2 N–H and O–H groups in total. The lowest BCUT2D eigenvalue weighted by Crippen LogP contribution is -2.03. The Balaban J connectivity index is 1.81. The number of ketones is 1. The van der Waals surface area contributed by atoms with Crippen LogP contribution in [0.25, 0.3) is 39.0 Å². The molecule has 0 bridgehead atoms. The first-order valence-electron chi connectivity index (χ1n) is 9.48. The molecule has 4 rings (SSSR count).